The topological polar surface area (TPSA) is 78.0 Å². The molecule has 3 aromatic rings. The number of hydrogen-bond acceptors (Lipinski definition) is 6. The maximum Gasteiger partial charge on any atom is 0.411 e. The van der Waals surface area contributed by atoms with Gasteiger partial charge in [-0.1, -0.05) is 42.5 Å². The molecule has 4 rings (SSSR count). The Hall–Kier alpha value is -3.61. The lowest BCUT2D eigenvalue weighted by Crippen LogP contribution is -2.44. The SMILES string of the molecule is COC(=O)[C@@H]1C[C@@H](Oc2cc(-c3ccccc3)nc3ccccc23)CN1C(=O)OC(C)(C)C. The van der Waals surface area contributed by atoms with Crippen LogP contribution in [0.4, 0.5) is 4.79 Å². The van der Waals surface area contributed by atoms with Crippen LogP contribution in [0, 0.1) is 0 Å². The normalized spacial score (nSPS) is 18.2. The van der Waals surface area contributed by atoms with Crippen LogP contribution in [-0.2, 0) is 14.3 Å². The van der Waals surface area contributed by atoms with Gasteiger partial charge in [0.2, 0.25) is 0 Å². The van der Waals surface area contributed by atoms with E-state index in [1.165, 1.54) is 12.0 Å². The number of nitrogens with zero attached hydrogens (tertiary/aromatic N) is 2. The molecule has 7 nitrogen and oxygen atoms in total. The summed E-state index contributed by atoms with van der Waals surface area (Å²) in [6, 6.07) is 18.8. The number of methoxy groups -OCH3 is 1. The number of ether oxygens (including phenoxy) is 3. The van der Waals surface area contributed by atoms with Gasteiger partial charge in [0, 0.05) is 23.4 Å². The Bertz CT molecular complexity index is 1160. The summed E-state index contributed by atoms with van der Waals surface area (Å²) in [5, 5.41) is 0.863. The molecule has 2 atom stereocenters. The zero-order chi connectivity index (χ0) is 23.6. The van der Waals surface area contributed by atoms with E-state index in [1.54, 1.807) is 20.8 Å². The zero-order valence-corrected chi connectivity index (χ0v) is 19.3. The highest BCUT2D eigenvalue weighted by Crippen LogP contribution is 2.33. The van der Waals surface area contributed by atoms with E-state index in [-0.39, 0.29) is 6.54 Å². The van der Waals surface area contributed by atoms with Crippen LogP contribution in [0.1, 0.15) is 27.2 Å². The van der Waals surface area contributed by atoms with Crippen LogP contribution in [0.3, 0.4) is 0 Å². The second-order valence-corrected chi connectivity index (χ2v) is 9.04. The molecule has 1 aliphatic heterocycles. The van der Waals surface area contributed by atoms with E-state index in [4.69, 9.17) is 19.2 Å². The molecule has 0 saturated carbocycles. The highest BCUT2D eigenvalue weighted by atomic mass is 16.6. The molecular formula is C26H28N2O5. The number of carbonyl (C=O) groups excluding carboxylic acids is 2. The molecule has 1 aliphatic rings. The van der Waals surface area contributed by atoms with Gasteiger partial charge in [0.1, 0.15) is 23.5 Å². The fraction of sp³-hybridized carbons (Fsp3) is 0.346. The van der Waals surface area contributed by atoms with Gasteiger partial charge in [-0.2, -0.15) is 0 Å². The van der Waals surface area contributed by atoms with Gasteiger partial charge in [0.05, 0.1) is 24.9 Å². The van der Waals surface area contributed by atoms with Crippen molar-refractivity contribution in [2.75, 3.05) is 13.7 Å². The van der Waals surface area contributed by atoms with Crippen molar-refractivity contribution in [3.63, 3.8) is 0 Å². The molecule has 2 aromatic carbocycles. The van der Waals surface area contributed by atoms with Crippen molar-refractivity contribution in [2.45, 2.75) is 44.9 Å². The van der Waals surface area contributed by atoms with E-state index in [9.17, 15) is 9.59 Å². The summed E-state index contributed by atoms with van der Waals surface area (Å²) in [6.07, 6.45) is -0.659. The summed E-state index contributed by atoms with van der Waals surface area (Å²) < 4.78 is 16.8. The molecule has 172 valence electrons. The van der Waals surface area contributed by atoms with Crippen LogP contribution in [0.15, 0.2) is 60.7 Å². The van der Waals surface area contributed by atoms with Crippen molar-refractivity contribution in [2.24, 2.45) is 0 Å². The lowest BCUT2D eigenvalue weighted by Gasteiger charge is -2.27. The third-order valence-corrected chi connectivity index (χ3v) is 5.41. The van der Waals surface area contributed by atoms with E-state index >= 15 is 0 Å². The molecule has 33 heavy (non-hydrogen) atoms. The van der Waals surface area contributed by atoms with E-state index in [1.807, 2.05) is 60.7 Å². The van der Waals surface area contributed by atoms with Crippen LogP contribution in [0.2, 0.25) is 0 Å². The minimum Gasteiger partial charge on any atom is -0.488 e. The maximum absolute atomic E-state index is 12.8. The van der Waals surface area contributed by atoms with Gasteiger partial charge in [-0.3, -0.25) is 4.90 Å². The first kappa shape index (κ1) is 22.6. The summed E-state index contributed by atoms with van der Waals surface area (Å²) in [6.45, 7) is 5.58. The molecule has 2 heterocycles. The first-order chi connectivity index (χ1) is 15.7. The number of fused-ring (bicyclic) bond motifs is 1. The Morgan fingerprint density at radius 3 is 2.42 bits per heavy atom. The average Bonchev–Trinajstić information content (AvgIpc) is 3.22. The molecule has 1 aromatic heterocycles. The maximum atomic E-state index is 12.8. The summed E-state index contributed by atoms with van der Waals surface area (Å²) in [7, 11) is 1.31. The fourth-order valence-electron chi connectivity index (χ4n) is 3.94. The number of esters is 1. The monoisotopic (exact) mass is 448 g/mol. The Kier molecular flexibility index (Phi) is 6.22. The van der Waals surface area contributed by atoms with Gasteiger partial charge in [0.15, 0.2) is 0 Å². The molecule has 1 fully saturated rings. The number of carbonyl (C=O) groups is 2. The fourth-order valence-corrected chi connectivity index (χ4v) is 3.94. The van der Waals surface area contributed by atoms with Crippen molar-refractivity contribution < 1.29 is 23.8 Å². The lowest BCUT2D eigenvalue weighted by molar-refractivity contribution is -0.145. The third-order valence-electron chi connectivity index (χ3n) is 5.41. The van der Waals surface area contributed by atoms with E-state index < -0.39 is 29.8 Å². The standard InChI is InChI=1S/C26H28N2O5/c1-26(2,3)33-25(30)28-16-18(14-22(28)24(29)31-4)32-23-15-21(17-10-6-5-7-11-17)27-20-13-9-8-12-19(20)23/h5-13,15,18,22H,14,16H2,1-4H3/t18-,22+/m1/s1. The van der Waals surface area contributed by atoms with Crippen molar-refractivity contribution in [1.82, 2.24) is 9.88 Å². The van der Waals surface area contributed by atoms with Crippen LogP contribution < -0.4 is 4.74 Å². The van der Waals surface area contributed by atoms with Gasteiger partial charge in [0.25, 0.3) is 0 Å². The quantitative estimate of drug-likeness (QED) is 0.532. The molecule has 0 unspecified atom stereocenters. The third kappa shape index (κ3) is 5.08. The molecule has 0 spiro atoms. The number of rotatable bonds is 4. The molecule has 0 aliphatic carbocycles. The first-order valence-corrected chi connectivity index (χ1v) is 10.9. The smallest absolute Gasteiger partial charge is 0.411 e. The Morgan fingerprint density at radius 1 is 1.03 bits per heavy atom. The van der Waals surface area contributed by atoms with Crippen molar-refractivity contribution in [3.05, 3.63) is 60.7 Å². The van der Waals surface area contributed by atoms with E-state index in [0.717, 1.165) is 22.2 Å². The minimum absolute atomic E-state index is 0.214. The van der Waals surface area contributed by atoms with Crippen molar-refractivity contribution >= 4 is 23.0 Å². The predicted octanol–water partition coefficient (Wildman–Crippen LogP) is 4.83. The summed E-state index contributed by atoms with van der Waals surface area (Å²) in [5.74, 6) is 0.163. The van der Waals surface area contributed by atoms with Crippen LogP contribution >= 0.6 is 0 Å². The number of pyridine rings is 1. The predicted molar refractivity (Wildman–Crippen MR) is 125 cm³/mol. The summed E-state index contributed by atoms with van der Waals surface area (Å²) >= 11 is 0. The van der Waals surface area contributed by atoms with Gasteiger partial charge in [-0.15, -0.1) is 0 Å². The Morgan fingerprint density at radius 2 is 1.73 bits per heavy atom. The summed E-state index contributed by atoms with van der Waals surface area (Å²) in [4.78, 5) is 31.4. The summed E-state index contributed by atoms with van der Waals surface area (Å²) in [5.41, 5.74) is 1.89. The van der Waals surface area contributed by atoms with Gasteiger partial charge in [-0.25, -0.2) is 14.6 Å². The minimum atomic E-state index is -0.767. The number of para-hydroxylation sites is 1. The molecule has 0 radical (unpaired) electrons. The highest BCUT2D eigenvalue weighted by molar-refractivity contribution is 5.88. The molecule has 1 saturated heterocycles. The Labute approximate surface area is 193 Å². The molecule has 7 heteroatoms. The van der Waals surface area contributed by atoms with Crippen LogP contribution in [-0.4, -0.2) is 53.3 Å². The highest BCUT2D eigenvalue weighted by Gasteiger charge is 2.43. The Balaban J connectivity index is 1.65. The first-order valence-electron chi connectivity index (χ1n) is 10.9. The second-order valence-electron chi connectivity index (χ2n) is 9.04. The number of amides is 1. The van der Waals surface area contributed by atoms with Gasteiger partial charge in [-0.05, 0) is 32.9 Å². The number of benzene rings is 2. The van der Waals surface area contributed by atoms with Crippen molar-refractivity contribution in [3.8, 4) is 17.0 Å². The average molecular weight is 449 g/mol. The van der Waals surface area contributed by atoms with E-state index in [0.29, 0.717) is 12.2 Å². The molecule has 0 bridgehead atoms. The zero-order valence-electron chi connectivity index (χ0n) is 19.3. The van der Waals surface area contributed by atoms with E-state index in [2.05, 4.69) is 0 Å². The largest absolute Gasteiger partial charge is 0.488 e. The number of hydrogen-bond donors (Lipinski definition) is 0. The van der Waals surface area contributed by atoms with Crippen LogP contribution in [0.25, 0.3) is 22.2 Å². The lowest BCUT2D eigenvalue weighted by atomic mass is 10.1. The molecule has 1 amide bonds. The number of likely N-dealkylation sites (tertiary alicyclic amines) is 1. The second kappa shape index (κ2) is 9.10. The molecular weight excluding hydrogens is 420 g/mol. The van der Waals surface area contributed by atoms with Gasteiger partial charge < -0.3 is 14.2 Å². The number of aromatic nitrogens is 1. The van der Waals surface area contributed by atoms with Crippen molar-refractivity contribution in [1.29, 1.82) is 0 Å². The molecule has 0 N–H and O–H groups in total. The van der Waals surface area contributed by atoms with Crippen LogP contribution in [0.5, 0.6) is 5.75 Å². The van der Waals surface area contributed by atoms with Gasteiger partial charge >= 0.3 is 12.1 Å².